The van der Waals surface area contributed by atoms with Gasteiger partial charge in [-0.2, -0.15) is 79.0 Å². The Labute approximate surface area is 441 Å². The minimum Gasteiger partial charge on any atom is -0.459 e. The van der Waals surface area contributed by atoms with E-state index in [1.54, 1.807) is 69.2 Å². The number of esters is 6. The van der Waals surface area contributed by atoms with Gasteiger partial charge in [0.2, 0.25) is 0 Å². The first kappa shape index (κ1) is 77.8. The molecule has 0 aromatic carbocycles. The van der Waals surface area contributed by atoms with Crippen molar-refractivity contribution in [2.75, 3.05) is 0 Å². The van der Waals surface area contributed by atoms with Gasteiger partial charge in [0.15, 0.2) is 0 Å². The van der Waals surface area contributed by atoms with Crippen LogP contribution in [0.25, 0.3) is 0 Å². The van der Waals surface area contributed by atoms with Gasteiger partial charge in [-0.25, -0.2) is 0 Å². The quantitative estimate of drug-likeness (QED) is 0.0485. The number of carbonyl (C=O) groups is 6. The summed E-state index contributed by atoms with van der Waals surface area (Å²) in [6.07, 6.45) is -47.0. The Morgan fingerprint density at radius 1 is 0.372 bits per heavy atom. The lowest BCUT2D eigenvalue weighted by Gasteiger charge is -2.32. The molecule has 0 saturated carbocycles. The molecule has 0 radical (unpaired) electrons. The van der Waals surface area contributed by atoms with E-state index in [0.717, 1.165) is 0 Å². The first-order chi connectivity index (χ1) is 34.5. The normalized spacial score (nSPS) is 14.5. The van der Waals surface area contributed by atoms with Crippen molar-refractivity contribution in [3.8, 4) is 0 Å². The van der Waals surface area contributed by atoms with E-state index in [-0.39, 0.29) is 44.4 Å². The van der Waals surface area contributed by atoms with Crippen LogP contribution in [0, 0.1) is 16.7 Å². The fourth-order valence-corrected chi connectivity index (χ4v) is 5.43. The number of halogens is 18. The third-order valence-electron chi connectivity index (χ3n) is 11.7. The maximum Gasteiger partial charge on any atom is 0.434 e. The topological polar surface area (TPSA) is 158 Å². The van der Waals surface area contributed by atoms with E-state index in [4.69, 9.17) is 14.2 Å². The highest BCUT2D eigenvalue weighted by Gasteiger charge is 2.62. The molecule has 0 aliphatic carbocycles. The van der Waals surface area contributed by atoms with Crippen LogP contribution in [-0.4, -0.2) is 108 Å². The van der Waals surface area contributed by atoms with Crippen molar-refractivity contribution in [2.24, 2.45) is 16.7 Å². The van der Waals surface area contributed by atoms with E-state index < -0.39 is 138 Å². The van der Waals surface area contributed by atoms with E-state index in [2.05, 4.69) is 14.2 Å². The molecule has 0 spiro atoms. The molecule has 0 aromatic heterocycles. The van der Waals surface area contributed by atoms with Crippen molar-refractivity contribution in [3.63, 3.8) is 0 Å². The van der Waals surface area contributed by atoms with Crippen LogP contribution in [-0.2, 0) is 57.2 Å². The molecule has 0 bridgehead atoms. The fourth-order valence-electron chi connectivity index (χ4n) is 5.43. The van der Waals surface area contributed by atoms with E-state index in [9.17, 15) is 108 Å². The Morgan fingerprint density at radius 3 is 0.872 bits per heavy atom. The molecule has 0 heterocycles. The Balaban J connectivity index is -0.00000108. The first-order valence-corrected chi connectivity index (χ1v) is 24.2. The molecule has 0 aliphatic heterocycles. The lowest BCUT2D eigenvalue weighted by Crippen LogP contribution is -2.45. The lowest BCUT2D eigenvalue weighted by molar-refractivity contribution is -0.314. The smallest absolute Gasteiger partial charge is 0.434 e. The Bertz CT molecular complexity index is 1840. The third-order valence-corrected chi connectivity index (χ3v) is 11.7. The second-order valence-corrected chi connectivity index (χ2v) is 20.7. The van der Waals surface area contributed by atoms with E-state index in [1.807, 2.05) is 0 Å². The first-order valence-electron chi connectivity index (χ1n) is 24.2. The number of rotatable bonds is 25. The number of hydrogen-bond acceptors (Lipinski definition) is 12. The number of carbonyl (C=O) groups excluding carboxylic acids is 6. The zero-order valence-electron chi connectivity index (χ0n) is 45.7. The molecular formula is C48H72F18O12. The van der Waals surface area contributed by atoms with Crippen LogP contribution in [0.4, 0.5) is 79.0 Å². The molecular weight excluding hydrogens is 1110 g/mol. The van der Waals surface area contributed by atoms with Crippen LogP contribution in [0.3, 0.4) is 0 Å². The summed E-state index contributed by atoms with van der Waals surface area (Å²) in [7, 11) is 0. The molecule has 0 aliphatic rings. The van der Waals surface area contributed by atoms with Crippen molar-refractivity contribution < 1.29 is 136 Å². The molecule has 2 atom stereocenters. The summed E-state index contributed by atoms with van der Waals surface area (Å²) in [5, 5.41) is 0. The van der Waals surface area contributed by atoms with Crippen molar-refractivity contribution in [3.05, 3.63) is 0 Å². The van der Waals surface area contributed by atoms with Gasteiger partial charge in [-0.05, 0) is 127 Å². The zero-order valence-corrected chi connectivity index (χ0v) is 45.7. The van der Waals surface area contributed by atoms with Crippen LogP contribution in [0.15, 0.2) is 0 Å². The Kier molecular flexibility index (Phi) is 30.3. The van der Waals surface area contributed by atoms with Gasteiger partial charge < -0.3 is 28.4 Å². The zero-order chi connectivity index (χ0) is 62.7. The molecule has 30 heteroatoms. The monoisotopic (exact) mass is 1180 g/mol. The molecule has 78 heavy (non-hydrogen) atoms. The number of hydrogen-bond donors (Lipinski definition) is 0. The maximum absolute atomic E-state index is 12.4. The summed E-state index contributed by atoms with van der Waals surface area (Å²) in [4.78, 5) is 69.9. The molecule has 0 amide bonds. The predicted octanol–water partition coefficient (Wildman–Crippen LogP) is 14.9. The van der Waals surface area contributed by atoms with E-state index in [0.29, 0.717) is 25.7 Å². The molecule has 0 fully saturated rings. The molecule has 462 valence electrons. The predicted molar refractivity (Wildman–Crippen MR) is 240 cm³/mol. The van der Waals surface area contributed by atoms with Crippen molar-refractivity contribution in [2.45, 2.75) is 253 Å². The number of ether oxygens (including phenoxy) is 6. The van der Waals surface area contributed by atoms with Crippen LogP contribution < -0.4 is 0 Å². The van der Waals surface area contributed by atoms with Gasteiger partial charge in [-0.1, -0.05) is 34.6 Å². The molecule has 0 rings (SSSR count). The molecule has 2 unspecified atom stereocenters. The average molecular weight is 1180 g/mol. The van der Waals surface area contributed by atoms with E-state index in [1.165, 1.54) is 27.7 Å². The fraction of sp³-hybridized carbons (Fsp3) is 0.875. The second kappa shape index (κ2) is 30.4. The highest BCUT2D eigenvalue weighted by atomic mass is 19.4. The van der Waals surface area contributed by atoms with Crippen LogP contribution in [0.5, 0.6) is 0 Å². The van der Waals surface area contributed by atoms with Crippen LogP contribution in [0.1, 0.15) is 180 Å². The molecule has 0 aromatic rings. The second-order valence-electron chi connectivity index (χ2n) is 20.7. The standard InChI is InChI=1S/C17H26F6O4.C16H24F6O4.C15H22F6O4/c1-6-14(3,4)13(25)27-15(5,7-2)10-8-9-11(24)26-12(16(18,19)20)17(21,22)23;1-6-13(2,3)12(24)26-14(4,5)9-7-8-10(23)25-11(15(17,18)19)16(20,21)22;1-5-9(2)11(23)25-13(3,4)8-6-7-10(22)24-12(14(16,17)18)15(19,20)21/h12H,6-10H2,1-5H3;11H,6-9H2,1-5H3;9,12H,5-8H2,1-4H3. The van der Waals surface area contributed by atoms with Crippen LogP contribution >= 0.6 is 0 Å². The van der Waals surface area contributed by atoms with Gasteiger partial charge in [0.05, 0.1) is 16.7 Å². The van der Waals surface area contributed by atoms with Crippen LogP contribution in [0.2, 0.25) is 0 Å². The summed E-state index contributed by atoms with van der Waals surface area (Å²) in [6.45, 7) is 23.2. The van der Waals surface area contributed by atoms with Gasteiger partial charge >= 0.3 is 72.9 Å². The number of alkyl halides is 18. The van der Waals surface area contributed by atoms with Gasteiger partial charge in [-0.15, -0.1) is 0 Å². The van der Waals surface area contributed by atoms with Gasteiger partial charge in [0.25, 0.3) is 18.3 Å². The minimum absolute atomic E-state index is 0.0658. The molecule has 0 N–H and O–H groups in total. The SMILES string of the molecule is CCC(C)(C)C(=O)OC(C)(C)CCCC(=O)OC(C(F)(F)F)C(F)(F)F.CCC(C)(CCCC(=O)OC(C(F)(F)F)C(F)(F)F)OC(=O)C(C)(C)CC.CCC(C)C(=O)OC(C)(C)CCCC(=O)OC(C(F)(F)F)C(F)(F)F. The average Bonchev–Trinajstić information content (AvgIpc) is 3.23. The van der Waals surface area contributed by atoms with Gasteiger partial charge in [0.1, 0.15) is 16.8 Å². The van der Waals surface area contributed by atoms with Crippen molar-refractivity contribution >= 4 is 35.8 Å². The summed E-state index contributed by atoms with van der Waals surface area (Å²) in [6, 6.07) is 0. The maximum atomic E-state index is 12.4. The highest BCUT2D eigenvalue weighted by Crippen LogP contribution is 2.39. The van der Waals surface area contributed by atoms with Crippen molar-refractivity contribution in [1.29, 1.82) is 0 Å². The van der Waals surface area contributed by atoms with Crippen molar-refractivity contribution in [1.82, 2.24) is 0 Å². The molecule has 12 nitrogen and oxygen atoms in total. The lowest BCUT2D eigenvalue weighted by atomic mass is 9.89. The largest absolute Gasteiger partial charge is 0.459 e. The summed E-state index contributed by atoms with van der Waals surface area (Å²) in [5.41, 5.74) is -4.49. The highest BCUT2D eigenvalue weighted by molar-refractivity contribution is 5.77. The summed E-state index contributed by atoms with van der Waals surface area (Å²) >= 11 is 0. The van der Waals surface area contributed by atoms with Gasteiger partial charge in [-0.3, -0.25) is 28.8 Å². The Morgan fingerprint density at radius 2 is 0.628 bits per heavy atom. The molecule has 0 saturated heterocycles. The summed E-state index contributed by atoms with van der Waals surface area (Å²) in [5.74, 6) is -6.63. The minimum atomic E-state index is -5.74. The Hall–Kier alpha value is -4.44. The third kappa shape index (κ3) is 31.4. The summed E-state index contributed by atoms with van der Waals surface area (Å²) < 4.78 is 249. The van der Waals surface area contributed by atoms with E-state index >= 15 is 0 Å². The van der Waals surface area contributed by atoms with Gasteiger partial charge in [0, 0.05) is 19.3 Å².